The number of nitrogens with one attached hydrogen (secondary N) is 6. The Bertz CT molecular complexity index is 3650. The molecule has 25 heteroatoms. The van der Waals surface area contributed by atoms with Gasteiger partial charge in [0.25, 0.3) is 34.8 Å². The Labute approximate surface area is 385 Å². The first-order valence-corrected chi connectivity index (χ1v) is 20.3. The Kier molecular flexibility index (Phi) is 11.9. The van der Waals surface area contributed by atoms with Crippen LogP contribution in [0.4, 0.5) is 23.0 Å². The minimum Gasteiger partial charge on any atom is -0.324 e. The number of aromatic amines is 2. The van der Waals surface area contributed by atoms with Crippen molar-refractivity contribution in [2.24, 2.45) is 10.2 Å². The van der Waals surface area contributed by atoms with Crippen molar-refractivity contribution in [3.63, 3.8) is 0 Å². The molecule has 0 spiro atoms. The van der Waals surface area contributed by atoms with Crippen molar-refractivity contribution in [2.75, 3.05) is 16.1 Å². The highest BCUT2D eigenvalue weighted by Crippen LogP contribution is 2.32. The number of carbonyl (C=O) groups excluding carboxylic acids is 2. The molecule has 3 aromatic carbocycles. The van der Waals surface area contributed by atoms with Crippen LogP contribution in [0.5, 0.6) is 0 Å². The lowest BCUT2D eigenvalue weighted by Gasteiger charge is -2.21. The summed E-state index contributed by atoms with van der Waals surface area (Å²) in [5, 5.41) is 42.6. The minimum atomic E-state index is -1.64. The molecule has 24 nitrogen and oxygen atoms in total. The molecule has 6 aromatic heterocycles. The second-order valence-corrected chi connectivity index (χ2v) is 14.7. The lowest BCUT2D eigenvalue weighted by molar-refractivity contribution is -0.118. The van der Waals surface area contributed by atoms with Gasteiger partial charge >= 0.3 is 0 Å². The quantitative estimate of drug-likeness (QED) is 0.0681. The lowest BCUT2D eigenvalue weighted by Crippen LogP contribution is -2.39. The summed E-state index contributed by atoms with van der Waals surface area (Å²) in [5.74, 6) is -1.77. The molecular formula is C43H29ClN20O4. The monoisotopic (exact) mass is 924 g/mol. The van der Waals surface area contributed by atoms with Crippen LogP contribution in [0.25, 0.3) is 33.7 Å². The molecule has 9 rings (SSSR count). The van der Waals surface area contributed by atoms with Crippen LogP contribution in [0.2, 0.25) is 5.02 Å². The normalized spacial score (nSPS) is 12.1. The van der Waals surface area contributed by atoms with Crippen molar-refractivity contribution in [3.8, 4) is 24.0 Å². The number of aryl methyl sites for hydroxylation is 1. The Morgan fingerprint density at radius 2 is 1.28 bits per heavy atom. The van der Waals surface area contributed by atoms with Crippen LogP contribution >= 0.6 is 11.6 Å². The first-order valence-electron chi connectivity index (χ1n) is 19.9. The van der Waals surface area contributed by atoms with E-state index in [2.05, 4.69) is 81.8 Å². The third-order valence-corrected chi connectivity index (χ3v) is 10.3. The number of fused-ring (bicyclic) bond motifs is 2. The van der Waals surface area contributed by atoms with Crippen LogP contribution in [0.15, 0.2) is 130 Å². The molecule has 2 unspecified atom stereocenters. The summed E-state index contributed by atoms with van der Waals surface area (Å²) in [5.41, 5.74) is 5.90. The van der Waals surface area contributed by atoms with Gasteiger partial charge in [0.2, 0.25) is 6.04 Å². The number of benzene rings is 3. The molecule has 0 bridgehead atoms. The fourth-order valence-corrected chi connectivity index (χ4v) is 6.91. The van der Waals surface area contributed by atoms with E-state index < -0.39 is 35.0 Å². The number of hydrogen-bond donors (Lipinski definition) is 6. The number of aromatic nitrogens is 12. The SMILES string of the molecule is Cc1cc(NC(=O)C(N=Nc2c(C#N)cnn2-c2ncccn2)c2nc3ccccc3c(=O)[nH]2)c(Cl)cc1NC(=O)C(NNc1c(C#N)cnn1-c1ncccn1)c1nc2ccccc2c(=O)[nH]1. The molecule has 332 valence electrons. The average molecular weight is 925 g/mol. The Morgan fingerprint density at radius 3 is 1.93 bits per heavy atom. The summed E-state index contributed by atoms with van der Waals surface area (Å²) >= 11 is 6.79. The number of anilines is 3. The molecule has 0 radical (unpaired) electrons. The van der Waals surface area contributed by atoms with Crippen molar-refractivity contribution in [1.82, 2.24) is 64.9 Å². The van der Waals surface area contributed by atoms with E-state index in [9.17, 15) is 29.7 Å². The molecule has 6 heterocycles. The smallest absolute Gasteiger partial charge is 0.259 e. The highest BCUT2D eigenvalue weighted by Gasteiger charge is 2.29. The van der Waals surface area contributed by atoms with Crippen LogP contribution in [-0.2, 0) is 9.59 Å². The summed E-state index contributed by atoms with van der Waals surface area (Å²) < 4.78 is 2.40. The first kappa shape index (κ1) is 43.3. The van der Waals surface area contributed by atoms with E-state index in [1.165, 1.54) is 54.0 Å². The predicted octanol–water partition coefficient (Wildman–Crippen LogP) is 4.58. The molecule has 2 amide bonds. The van der Waals surface area contributed by atoms with E-state index in [-0.39, 0.29) is 79.0 Å². The van der Waals surface area contributed by atoms with E-state index in [0.29, 0.717) is 11.1 Å². The predicted molar refractivity (Wildman–Crippen MR) is 243 cm³/mol. The second-order valence-electron chi connectivity index (χ2n) is 14.3. The van der Waals surface area contributed by atoms with Gasteiger partial charge in [0.15, 0.2) is 17.7 Å². The van der Waals surface area contributed by atoms with Crippen molar-refractivity contribution in [2.45, 2.75) is 19.0 Å². The molecule has 0 saturated carbocycles. The molecule has 0 aliphatic heterocycles. The van der Waals surface area contributed by atoms with Crippen LogP contribution in [0.3, 0.4) is 0 Å². The number of amides is 2. The summed E-state index contributed by atoms with van der Waals surface area (Å²) in [6.07, 6.45) is 8.40. The van der Waals surface area contributed by atoms with E-state index in [1.807, 2.05) is 12.1 Å². The Morgan fingerprint density at radius 1 is 0.721 bits per heavy atom. The minimum absolute atomic E-state index is 0.0204. The van der Waals surface area contributed by atoms with Gasteiger partial charge in [-0.1, -0.05) is 35.9 Å². The number of rotatable bonds is 13. The fraction of sp³-hybridized carbons (Fsp3) is 0.0698. The molecule has 6 N–H and O–H groups in total. The number of H-pyrrole nitrogens is 2. The highest BCUT2D eigenvalue weighted by molar-refractivity contribution is 6.34. The van der Waals surface area contributed by atoms with Gasteiger partial charge in [0.1, 0.15) is 34.9 Å². The van der Waals surface area contributed by atoms with Gasteiger partial charge in [-0.05, 0) is 61.0 Å². The number of hydrazine groups is 1. The third-order valence-electron chi connectivity index (χ3n) is 9.98. The molecule has 0 aliphatic carbocycles. The summed E-state index contributed by atoms with van der Waals surface area (Å²) in [6, 6.07) is 20.0. The topological polar surface area (TPSA) is 333 Å². The molecule has 68 heavy (non-hydrogen) atoms. The molecular weight excluding hydrogens is 896 g/mol. The van der Waals surface area contributed by atoms with Gasteiger partial charge < -0.3 is 26.0 Å². The number of nitrogens with zero attached hydrogens (tertiary/aromatic N) is 14. The zero-order chi connectivity index (χ0) is 47.3. The van der Waals surface area contributed by atoms with Crippen molar-refractivity contribution in [1.29, 1.82) is 10.5 Å². The maximum atomic E-state index is 14.4. The summed E-state index contributed by atoms with van der Waals surface area (Å²) in [7, 11) is 0. The van der Waals surface area contributed by atoms with Gasteiger partial charge in [-0.3, -0.25) is 19.2 Å². The number of nitriles is 2. The maximum Gasteiger partial charge on any atom is 0.259 e. The van der Waals surface area contributed by atoms with Gasteiger partial charge in [-0.2, -0.15) is 35.2 Å². The average Bonchev–Trinajstić information content (AvgIpc) is 3.97. The van der Waals surface area contributed by atoms with Crippen LogP contribution < -0.4 is 32.6 Å². The Hall–Kier alpha value is -9.91. The van der Waals surface area contributed by atoms with E-state index in [0.717, 1.165) is 4.68 Å². The summed E-state index contributed by atoms with van der Waals surface area (Å²) in [4.78, 5) is 86.2. The second kappa shape index (κ2) is 18.7. The van der Waals surface area contributed by atoms with Crippen molar-refractivity contribution in [3.05, 3.63) is 164 Å². The molecule has 0 aliphatic rings. The number of para-hydroxylation sites is 2. The molecule has 2 atom stereocenters. The Balaban J connectivity index is 1.03. The van der Waals surface area contributed by atoms with E-state index in [1.54, 1.807) is 67.6 Å². The van der Waals surface area contributed by atoms with Crippen molar-refractivity contribution < 1.29 is 9.59 Å². The largest absolute Gasteiger partial charge is 0.324 e. The van der Waals surface area contributed by atoms with Crippen LogP contribution in [0, 0.1) is 29.6 Å². The zero-order valence-corrected chi connectivity index (χ0v) is 35.6. The third kappa shape index (κ3) is 8.67. The highest BCUT2D eigenvalue weighted by atomic mass is 35.5. The number of carbonyl (C=O) groups is 2. The lowest BCUT2D eigenvalue weighted by atomic mass is 10.1. The van der Waals surface area contributed by atoms with Crippen LogP contribution in [0.1, 0.15) is 40.4 Å². The first-order chi connectivity index (χ1) is 33.1. The maximum absolute atomic E-state index is 14.4. The van der Waals surface area contributed by atoms with E-state index >= 15 is 0 Å². The fourth-order valence-electron chi connectivity index (χ4n) is 6.70. The van der Waals surface area contributed by atoms with Gasteiger partial charge in [-0.25, -0.2) is 35.3 Å². The molecule has 0 saturated heterocycles. The van der Waals surface area contributed by atoms with E-state index in [4.69, 9.17) is 11.6 Å². The van der Waals surface area contributed by atoms with Gasteiger partial charge in [0.05, 0.1) is 44.9 Å². The summed E-state index contributed by atoms with van der Waals surface area (Å²) in [6.45, 7) is 1.63. The number of halogens is 1. The zero-order valence-electron chi connectivity index (χ0n) is 34.8. The number of hydrogen-bond acceptors (Lipinski definition) is 18. The standard InChI is InChI=1S/C43H29ClN20O4/c1-22-16-31(56-41(68)33(35-54-29-11-5-3-9-26(29)39(66)58-35)60-62-37-24(19-46)21-52-64(37)43-49-14-7-15-50-43)27(44)17-30(22)55-40(67)32(34-53-28-10-4-2-8-25(28)38(65)57-34)59-61-36-23(18-45)20-51-63(36)42-47-12-6-13-48-42/h2-17,20-21,32-33,59,61H,1H3,(H,55,67)(H,56,68)(H,53,57,65)(H,54,58,66). The van der Waals surface area contributed by atoms with Crippen LogP contribution in [-0.4, -0.2) is 71.2 Å². The van der Waals surface area contributed by atoms with Gasteiger partial charge in [0, 0.05) is 30.5 Å². The molecule has 9 aromatic rings. The van der Waals surface area contributed by atoms with Gasteiger partial charge in [-0.15, -0.1) is 5.11 Å². The molecule has 0 fully saturated rings. The van der Waals surface area contributed by atoms with Crippen molar-refractivity contribution >= 4 is 68.2 Å². The number of azo groups is 1.